The van der Waals surface area contributed by atoms with Crippen LogP contribution >= 0.6 is 11.6 Å². The molecule has 1 aliphatic rings. The monoisotopic (exact) mass is 396 g/mol. The number of aromatic nitrogens is 4. The lowest BCUT2D eigenvalue weighted by Gasteiger charge is -2.35. The van der Waals surface area contributed by atoms with Gasteiger partial charge in [0.15, 0.2) is 11.6 Å². The van der Waals surface area contributed by atoms with Gasteiger partial charge in [-0.05, 0) is 44.2 Å². The van der Waals surface area contributed by atoms with Crippen molar-refractivity contribution in [1.29, 1.82) is 0 Å². The molecule has 8 heteroatoms. The molecule has 0 N–H and O–H groups in total. The summed E-state index contributed by atoms with van der Waals surface area (Å²) < 4.78 is 1.78. The van der Waals surface area contributed by atoms with Gasteiger partial charge in [0.2, 0.25) is 0 Å². The molecule has 1 saturated heterocycles. The lowest BCUT2D eigenvalue weighted by molar-refractivity contribution is 0.0746. The third-order valence-corrected chi connectivity index (χ3v) is 5.19. The minimum absolute atomic E-state index is 0.0313. The summed E-state index contributed by atoms with van der Waals surface area (Å²) in [6, 6.07) is 13.0. The molecule has 144 valence electrons. The van der Waals surface area contributed by atoms with E-state index in [0.29, 0.717) is 42.6 Å². The van der Waals surface area contributed by atoms with Crippen LogP contribution in [0.2, 0.25) is 5.02 Å². The Kier molecular flexibility index (Phi) is 5.00. The highest BCUT2D eigenvalue weighted by atomic mass is 35.5. The topological polar surface area (TPSA) is 67.2 Å². The Morgan fingerprint density at radius 2 is 1.64 bits per heavy atom. The van der Waals surface area contributed by atoms with Crippen LogP contribution in [0.15, 0.2) is 42.5 Å². The first-order chi connectivity index (χ1) is 13.5. The van der Waals surface area contributed by atoms with Crippen molar-refractivity contribution in [3.63, 3.8) is 0 Å². The molecule has 28 heavy (non-hydrogen) atoms. The van der Waals surface area contributed by atoms with E-state index >= 15 is 0 Å². The Hall–Kier alpha value is -2.93. The summed E-state index contributed by atoms with van der Waals surface area (Å²) in [5.41, 5.74) is 2.51. The zero-order chi connectivity index (χ0) is 19.7. The van der Waals surface area contributed by atoms with Crippen LogP contribution in [0.3, 0.4) is 0 Å². The molecule has 3 heterocycles. The van der Waals surface area contributed by atoms with E-state index in [1.54, 1.807) is 16.8 Å². The van der Waals surface area contributed by atoms with Crippen LogP contribution < -0.4 is 4.90 Å². The van der Waals surface area contributed by atoms with Crippen molar-refractivity contribution in [2.75, 3.05) is 31.1 Å². The molecule has 1 aliphatic heterocycles. The minimum atomic E-state index is -0.0313. The Bertz CT molecular complexity index is 992. The van der Waals surface area contributed by atoms with Gasteiger partial charge in [-0.15, -0.1) is 10.2 Å². The molecular formula is C20H21ClN6O. The van der Waals surface area contributed by atoms with E-state index in [1.165, 1.54) is 0 Å². The average Bonchev–Trinajstić information content (AvgIpc) is 3.06. The van der Waals surface area contributed by atoms with Gasteiger partial charge in [0.05, 0.1) is 16.3 Å². The van der Waals surface area contributed by atoms with Gasteiger partial charge in [0.1, 0.15) is 0 Å². The molecule has 0 spiro atoms. The largest absolute Gasteiger partial charge is 0.352 e. The Balaban J connectivity index is 1.42. The quantitative estimate of drug-likeness (QED) is 0.681. The van der Waals surface area contributed by atoms with Crippen LogP contribution in [0.1, 0.15) is 21.7 Å². The van der Waals surface area contributed by atoms with E-state index in [2.05, 4.69) is 20.2 Å². The third-order valence-electron chi connectivity index (χ3n) is 4.86. The number of nitrogens with zero attached hydrogens (tertiary/aromatic N) is 6. The summed E-state index contributed by atoms with van der Waals surface area (Å²) in [4.78, 5) is 16.6. The average molecular weight is 397 g/mol. The SMILES string of the molecule is Cc1cc(C)n(-c2ccc(N3CCN(C(=O)c4ccccc4Cl)CC3)nn2)n1. The number of rotatable bonds is 3. The van der Waals surface area contributed by atoms with Crippen LogP contribution in [0.5, 0.6) is 0 Å². The number of benzene rings is 1. The first kappa shape index (κ1) is 18.4. The van der Waals surface area contributed by atoms with Gasteiger partial charge < -0.3 is 9.80 Å². The van der Waals surface area contributed by atoms with E-state index in [-0.39, 0.29) is 5.91 Å². The zero-order valence-corrected chi connectivity index (χ0v) is 16.6. The summed E-state index contributed by atoms with van der Waals surface area (Å²) in [5, 5.41) is 13.6. The second kappa shape index (κ2) is 7.59. The molecule has 0 aliphatic carbocycles. The Morgan fingerprint density at radius 1 is 0.964 bits per heavy atom. The molecule has 1 aromatic carbocycles. The summed E-state index contributed by atoms with van der Waals surface area (Å²) in [6.07, 6.45) is 0. The fraction of sp³-hybridized carbons (Fsp3) is 0.300. The standard InChI is InChI=1S/C20H21ClN6O/c1-14-13-15(2)27(24-14)19-8-7-18(22-23-19)25-9-11-26(12-10-25)20(28)16-5-3-4-6-17(16)21/h3-8,13H,9-12H2,1-2H3. The molecule has 3 aromatic rings. The van der Waals surface area contributed by atoms with Crippen LogP contribution in [0.4, 0.5) is 5.82 Å². The molecule has 0 saturated carbocycles. The van der Waals surface area contributed by atoms with Gasteiger partial charge in [-0.25, -0.2) is 4.68 Å². The summed E-state index contributed by atoms with van der Waals surface area (Å²) in [5.74, 6) is 1.47. The lowest BCUT2D eigenvalue weighted by atomic mass is 10.2. The van der Waals surface area contributed by atoms with E-state index in [0.717, 1.165) is 17.2 Å². The van der Waals surface area contributed by atoms with Gasteiger partial charge in [-0.2, -0.15) is 5.10 Å². The summed E-state index contributed by atoms with van der Waals surface area (Å²) in [6.45, 7) is 6.57. The van der Waals surface area contributed by atoms with Crippen LogP contribution in [-0.2, 0) is 0 Å². The van der Waals surface area contributed by atoms with Gasteiger partial charge in [0, 0.05) is 31.9 Å². The van der Waals surface area contributed by atoms with Crippen molar-refractivity contribution in [3.8, 4) is 5.82 Å². The molecule has 1 amide bonds. The number of hydrogen-bond acceptors (Lipinski definition) is 5. The number of carbonyl (C=O) groups excluding carboxylic acids is 1. The zero-order valence-electron chi connectivity index (χ0n) is 15.8. The number of piperazine rings is 1. The summed E-state index contributed by atoms with van der Waals surface area (Å²) in [7, 11) is 0. The van der Waals surface area contributed by atoms with Gasteiger partial charge in [0.25, 0.3) is 5.91 Å². The molecule has 0 unspecified atom stereocenters. The van der Waals surface area contributed by atoms with E-state index in [1.807, 2.05) is 49.1 Å². The Labute approximate surface area is 168 Å². The number of halogens is 1. The number of hydrogen-bond donors (Lipinski definition) is 0. The maximum Gasteiger partial charge on any atom is 0.255 e. The van der Waals surface area contributed by atoms with Crippen LogP contribution in [-0.4, -0.2) is 57.0 Å². The molecule has 0 radical (unpaired) electrons. The molecule has 0 atom stereocenters. The van der Waals surface area contributed by atoms with E-state index in [9.17, 15) is 4.79 Å². The fourth-order valence-corrected chi connectivity index (χ4v) is 3.62. The third kappa shape index (κ3) is 3.57. The van der Waals surface area contributed by atoms with Crippen molar-refractivity contribution >= 4 is 23.3 Å². The molecule has 4 rings (SSSR count). The molecule has 0 bridgehead atoms. The number of amides is 1. The van der Waals surface area contributed by atoms with Gasteiger partial charge in [-0.1, -0.05) is 23.7 Å². The Morgan fingerprint density at radius 3 is 2.25 bits per heavy atom. The van der Waals surface area contributed by atoms with Crippen molar-refractivity contribution < 1.29 is 4.79 Å². The maximum atomic E-state index is 12.7. The summed E-state index contributed by atoms with van der Waals surface area (Å²) >= 11 is 6.16. The molecule has 2 aromatic heterocycles. The first-order valence-electron chi connectivity index (χ1n) is 9.19. The minimum Gasteiger partial charge on any atom is -0.352 e. The normalized spacial score (nSPS) is 14.4. The molecular weight excluding hydrogens is 376 g/mol. The first-order valence-corrected chi connectivity index (χ1v) is 9.57. The van der Waals surface area contributed by atoms with Gasteiger partial charge >= 0.3 is 0 Å². The highest BCUT2D eigenvalue weighted by Crippen LogP contribution is 2.20. The fourth-order valence-electron chi connectivity index (χ4n) is 3.40. The van der Waals surface area contributed by atoms with Gasteiger partial charge in [-0.3, -0.25) is 4.79 Å². The predicted octanol–water partition coefficient (Wildman–Crippen LogP) is 2.89. The predicted molar refractivity (Wildman–Crippen MR) is 108 cm³/mol. The lowest BCUT2D eigenvalue weighted by Crippen LogP contribution is -2.49. The second-order valence-corrected chi connectivity index (χ2v) is 7.25. The van der Waals surface area contributed by atoms with Crippen molar-refractivity contribution in [2.24, 2.45) is 0 Å². The molecule has 1 fully saturated rings. The van der Waals surface area contributed by atoms with E-state index < -0.39 is 0 Å². The van der Waals surface area contributed by atoms with Crippen LogP contribution in [0.25, 0.3) is 5.82 Å². The van der Waals surface area contributed by atoms with E-state index in [4.69, 9.17) is 11.6 Å². The highest BCUT2D eigenvalue weighted by Gasteiger charge is 2.24. The molecule has 7 nitrogen and oxygen atoms in total. The van der Waals surface area contributed by atoms with Crippen molar-refractivity contribution in [1.82, 2.24) is 24.9 Å². The maximum absolute atomic E-state index is 12.7. The second-order valence-electron chi connectivity index (χ2n) is 6.85. The van der Waals surface area contributed by atoms with Crippen LogP contribution in [0, 0.1) is 13.8 Å². The van der Waals surface area contributed by atoms with Crippen molar-refractivity contribution in [3.05, 3.63) is 64.4 Å². The highest BCUT2D eigenvalue weighted by molar-refractivity contribution is 6.33. The smallest absolute Gasteiger partial charge is 0.255 e. The van der Waals surface area contributed by atoms with Crippen molar-refractivity contribution in [2.45, 2.75) is 13.8 Å². The number of aryl methyl sites for hydroxylation is 2. The number of anilines is 1. The number of carbonyl (C=O) groups is 1.